The van der Waals surface area contributed by atoms with Gasteiger partial charge in [0.15, 0.2) is 0 Å². The van der Waals surface area contributed by atoms with Crippen molar-refractivity contribution < 1.29 is 34.4 Å². The molecule has 5 N–H and O–H groups in total. The van der Waals surface area contributed by atoms with Crippen molar-refractivity contribution in [3.8, 4) is 0 Å². The summed E-state index contributed by atoms with van der Waals surface area (Å²) in [5.41, 5.74) is 0. The van der Waals surface area contributed by atoms with Crippen molar-refractivity contribution in [3.05, 3.63) is 0 Å². The Labute approximate surface area is 85.5 Å². The molecule has 1 saturated carbocycles. The van der Waals surface area contributed by atoms with Gasteiger partial charge in [0, 0.05) is 5.92 Å². The largest absolute Gasteiger partial charge is 0.390 e. The molecule has 7 atom stereocenters. The lowest BCUT2D eigenvalue weighted by molar-refractivity contribution is -0.186. The highest BCUT2D eigenvalue weighted by atomic mass is 31.2. The van der Waals surface area contributed by atoms with E-state index in [1.165, 1.54) is 0 Å². The molecule has 0 aromatic carbocycles. The SMILES string of the molecule is O=P1(O)CC2C(O)C(O)C(O)C(O)C2O1. The Morgan fingerprint density at radius 1 is 1.00 bits per heavy atom. The molecule has 0 bridgehead atoms. The van der Waals surface area contributed by atoms with Gasteiger partial charge in [-0.05, 0) is 0 Å². The molecular formula is C7H13O7P. The molecule has 0 spiro atoms. The van der Waals surface area contributed by atoms with Gasteiger partial charge in [-0.1, -0.05) is 0 Å². The van der Waals surface area contributed by atoms with Gasteiger partial charge in [0.05, 0.1) is 12.3 Å². The number of rotatable bonds is 0. The fourth-order valence-electron chi connectivity index (χ4n) is 2.15. The molecule has 15 heavy (non-hydrogen) atoms. The summed E-state index contributed by atoms with van der Waals surface area (Å²) in [5, 5.41) is 37.7. The average molecular weight is 240 g/mol. The second kappa shape index (κ2) is 3.49. The molecule has 0 radical (unpaired) electrons. The van der Waals surface area contributed by atoms with Crippen molar-refractivity contribution in [2.45, 2.75) is 30.5 Å². The maximum absolute atomic E-state index is 11.2. The zero-order valence-electron chi connectivity index (χ0n) is 7.67. The van der Waals surface area contributed by atoms with Crippen molar-refractivity contribution in [3.63, 3.8) is 0 Å². The lowest BCUT2D eigenvalue weighted by atomic mass is 9.79. The van der Waals surface area contributed by atoms with Gasteiger partial charge in [-0.25, -0.2) is 0 Å². The molecule has 88 valence electrons. The van der Waals surface area contributed by atoms with Gasteiger partial charge in [-0.15, -0.1) is 0 Å². The Morgan fingerprint density at radius 3 is 2.13 bits per heavy atom. The van der Waals surface area contributed by atoms with Crippen molar-refractivity contribution in [1.82, 2.24) is 0 Å². The Balaban J connectivity index is 2.27. The third-order valence-electron chi connectivity index (χ3n) is 2.97. The Hall–Kier alpha value is -0.0100. The molecule has 2 aliphatic rings. The molecule has 1 aliphatic carbocycles. The summed E-state index contributed by atoms with van der Waals surface area (Å²) in [6.45, 7) is 0. The van der Waals surface area contributed by atoms with E-state index in [2.05, 4.69) is 4.52 Å². The first-order valence-electron chi connectivity index (χ1n) is 4.56. The summed E-state index contributed by atoms with van der Waals surface area (Å²) in [4.78, 5) is 9.18. The number of hydrogen-bond acceptors (Lipinski definition) is 6. The van der Waals surface area contributed by atoms with Crippen LogP contribution in [-0.2, 0) is 9.09 Å². The Morgan fingerprint density at radius 2 is 1.53 bits per heavy atom. The van der Waals surface area contributed by atoms with Gasteiger partial charge >= 0.3 is 7.60 Å². The molecule has 0 aromatic heterocycles. The van der Waals surface area contributed by atoms with E-state index in [-0.39, 0.29) is 6.16 Å². The maximum Gasteiger partial charge on any atom is 0.328 e. The van der Waals surface area contributed by atoms with Crippen LogP contribution in [0.4, 0.5) is 0 Å². The van der Waals surface area contributed by atoms with E-state index in [1.807, 2.05) is 0 Å². The van der Waals surface area contributed by atoms with E-state index in [1.54, 1.807) is 0 Å². The zero-order chi connectivity index (χ0) is 11.4. The zero-order valence-corrected chi connectivity index (χ0v) is 8.57. The summed E-state index contributed by atoms with van der Waals surface area (Å²) in [5.74, 6) is -0.825. The molecule has 2 fully saturated rings. The van der Waals surface area contributed by atoms with E-state index in [0.29, 0.717) is 0 Å². The van der Waals surface area contributed by atoms with Crippen LogP contribution in [0.5, 0.6) is 0 Å². The van der Waals surface area contributed by atoms with Crippen molar-refractivity contribution in [2.24, 2.45) is 5.92 Å². The summed E-state index contributed by atoms with van der Waals surface area (Å²) in [6.07, 6.45) is -7.34. The van der Waals surface area contributed by atoms with Crippen LogP contribution >= 0.6 is 7.60 Å². The maximum atomic E-state index is 11.2. The molecule has 7 unspecified atom stereocenters. The monoisotopic (exact) mass is 240 g/mol. The second-order valence-corrected chi connectivity index (χ2v) is 5.87. The van der Waals surface area contributed by atoms with Gasteiger partial charge in [-0.2, -0.15) is 0 Å². The van der Waals surface area contributed by atoms with Crippen LogP contribution in [0.1, 0.15) is 0 Å². The van der Waals surface area contributed by atoms with Crippen molar-refractivity contribution in [2.75, 3.05) is 6.16 Å². The van der Waals surface area contributed by atoms with Crippen molar-refractivity contribution >= 4 is 7.60 Å². The molecule has 1 saturated heterocycles. The summed E-state index contributed by atoms with van der Waals surface area (Å²) < 4.78 is 15.9. The summed E-state index contributed by atoms with van der Waals surface area (Å²) >= 11 is 0. The Bertz CT molecular complexity index is 282. The summed E-state index contributed by atoms with van der Waals surface area (Å²) in [6, 6.07) is 0. The van der Waals surface area contributed by atoms with Crippen LogP contribution in [0, 0.1) is 5.92 Å². The van der Waals surface area contributed by atoms with Crippen LogP contribution in [0.3, 0.4) is 0 Å². The molecule has 0 amide bonds. The smallest absolute Gasteiger partial charge is 0.328 e. The molecule has 1 heterocycles. The normalized spacial score (nSPS) is 60.3. The van der Waals surface area contributed by atoms with E-state index in [0.717, 1.165) is 0 Å². The standard InChI is InChI=1S/C7H13O7P/c8-3-2-1-15(12,13)14-7(2)6(11)5(10)4(3)9/h2-11H,1H2,(H,12,13). The van der Waals surface area contributed by atoms with Gasteiger partial charge in [0.1, 0.15) is 24.4 Å². The molecular weight excluding hydrogens is 227 g/mol. The van der Waals surface area contributed by atoms with Gasteiger partial charge in [-0.3, -0.25) is 4.57 Å². The highest BCUT2D eigenvalue weighted by molar-refractivity contribution is 7.53. The van der Waals surface area contributed by atoms with Gasteiger partial charge < -0.3 is 29.8 Å². The van der Waals surface area contributed by atoms with Crippen molar-refractivity contribution in [1.29, 1.82) is 0 Å². The van der Waals surface area contributed by atoms with Crippen LogP contribution < -0.4 is 0 Å². The quantitative estimate of drug-likeness (QED) is 0.300. The van der Waals surface area contributed by atoms with E-state index >= 15 is 0 Å². The van der Waals surface area contributed by atoms with E-state index in [9.17, 15) is 29.9 Å². The topological polar surface area (TPSA) is 127 Å². The van der Waals surface area contributed by atoms with Crippen LogP contribution in [0.2, 0.25) is 0 Å². The number of aliphatic hydroxyl groups excluding tert-OH is 4. The van der Waals surface area contributed by atoms with E-state index in [4.69, 9.17) is 0 Å². The molecule has 1 aliphatic heterocycles. The highest BCUT2D eigenvalue weighted by Crippen LogP contribution is 2.56. The lowest BCUT2D eigenvalue weighted by Crippen LogP contribution is -2.60. The minimum atomic E-state index is -3.82. The fourth-order valence-corrected chi connectivity index (χ4v) is 3.86. The average Bonchev–Trinajstić information content (AvgIpc) is 2.48. The number of aliphatic hydroxyl groups is 4. The summed E-state index contributed by atoms with van der Waals surface area (Å²) in [7, 11) is -3.82. The molecule has 2 rings (SSSR count). The fraction of sp³-hybridized carbons (Fsp3) is 1.00. The van der Waals surface area contributed by atoms with Gasteiger partial charge in [0.25, 0.3) is 0 Å². The Kier molecular flexibility index (Phi) is 2.67. The highest BCUT2D eigenvalue weighted by Gasteiger charge is 2.57. The van der Waals surface area contributed by atoms with Gasteiger partial charge in [0.2, 0.25) is 0 Å². The third kappa shape index (κ3) is 1.74. The first-order valence-corrected chi connectivity index (χ1v) is 6.32. The van der Waals surface area contributed by atoms with E-state index < -0.39 is 44.0 Å². The minimum Gasteiger partial charge on any atom is -0.390 e. The second-order valence-electron chi connectivity index (χ2n) is 4.02. The van der Waals surface area contributed by atoms with Crippen LogP contribution in [-0.4, -0.2) is 62.0 Å². The van der Waals surface area contributed by atoms with Crippen LogP contribution in [0.15, 0.2) is 0 Å². The molecule has 7 nitrogen and oxygen atoms in total. The minimum absolute atomic E-state index is 0.320. The number of hydrogen-bond donors (Lipinski definition) is 5. The lowest BCUT2D eigenvalue weighted by Gasteiger charge is -2.39. The first kappa shape index (κ1) is 11.5. The molecule has 0 aromatic rings. The third-order valence-corrected chi connectivity index (χ3v) is 4.43. The first-order chi connectivity index (χ1) is 6.83. The van der Waals surface area contributed by atoms with Crippen LogP contribution in [0.25, 0.3) is 0 Å². The predicted octanol–water partition coefficient (Wildman–Crippen LogP) is -2.36. The predicted molar refractivity (Wildman–Crippen MR) is 47.1 cm³/mol. The molecule has 8 heteroatoms. The number of fused-ring (bicyclic) bond motifs is 1.